The Balaban J connectivity index is 1.85. The van der Waals surface area contributed by atoms with E-state index in [2.05, 4.69) is 23.9 Å². The maximum Gasteiger partial charge on any atom is 0.0621 e. The van der Waals surface area contributed by atoms with Crippen LogP contribution in [0.1, 0.15) is 25.7 Å². The lowest BCUT2D eigenvalue weighted by molar-refractivity contribution is -0.0284. The molecule has 2 rings (SSSR count). The number of rotatable bonds is 4. The molecule has 2 aliphatic heterocycles. The maximum absolute atomic E-state index is 9.72. The molecule has 0 aliphatic carbocycles. The van der Waals surface area contributed by atoms with Gasteiger partial charge in [0.25, 0.3) is 0 Å². The number of hydrogen-bond acceptors (Lipinski definition) is 4. The zero-order chi connectivity index (χ0) is 13.0. The fraction of sp³-hybridized carbons (Fsp3) is 1.00. The number of aliphatic hydroxyl groups is 1. The highest BCUT2D eigenvalue weighted by molar-refractivity contribution is 4.89. The van der Waals surface area contributed by atoms with Gasteiger partial charge in [-0.1, -0.05) is 0 Å². The van der Waals surface area contributed by atoms with Gasteiger partial charge in [-0.25, -0.2) is 0 Å². The number of piperidine rings is 1. The third-order valence-corrected chi connectivity index (χ3v) is 4.50. The average molecular weight is 256 g/mol. The van der Waals surface area contributed by atoms with Crippen molar-refractivity contribution in [1.82, 2.24) is 9.80 Å². The Bertz CT molecular complexity index is 244. The minimum atomic E-state index is 0.121. The monoisotopic (exact) mass is 256 g/mol. The van der Waals surface area contributed by atoms with Gasteiger partial charge in [-0.3, -0.25) is 4.90 Å². The molecule has 106 valence electrons. The molecule has 0 spiro atoms. The van der Waals surface area contributed by atoms with Crippen LogP contribution < -0.4 is 0 Å². The quantitative estimate of drug-likeness (QED) is 0.807. The third-order valence-electron chi connectivity index (χ3n) is 4.50. The Morgan fingerprint density at radius 1 is 1.33 bits per heavy atom. The first-order valence-corrected chi connectivity index (χ1v) is 7.23. The lowest BCUT2D eigenvalue weighted by atomic mass is 9.78. The number of aliphatic hydroxyl groups excluding tert-OH is 1. The van der Waals surface area contributed by atoms with Crippen molar-refractivity contribution in [3.05, 3.63) is 0 Å². The predicted octanol–water partition coefficient (Wildman–Crippen LogP) is 0.801. The summed E-state index contributed by atoms with van der Waals surface area (Å²) >= 11 is 0. The van der Waals surface area contributed by atoms with E-state index in [1.54, 1.807) is 0 Å². The van der Waals surface area contributed by atoms with Crippen molar-refractivity contribution in [2.45, 2.75) is 31.7 Å². The molecule has 4 heteroatoms. The Labute approximate surface area is 111 Å². The van der Waals surface area contributed by atoms with Crippen LogP contribution in [0, 0.1) is 5.41 Å². The van der Waals surface area contributed by atoms with Crippen LogP contribution in [-0.4, -0.2) is 74.5 Å². The van der Waals surface area contributed by atoms with Crippen LogP contribution in [0.3, 0.4) is 0 Å². The van der Waals surface area contributed by atoms with E-state index in [1.165, 1.54) is 12.8 Å². The van der Waals surface area contributed by atoms with Crippen LogP contribution in [0.5, 0.6) is 0 Å². The smallest absolute Gasteiger partial charge is 0.0621 e. The van der Waals surface area contributed by atoms with E-state index in [0.29, 0.717) is 12.6 Å². The fourth-order valence-electron chi connectivity index (χ4n) is 3.41. The summed E-state index contributed by atoms with van der Waals surface area (Å²) in [7, 11) is 4.19. The standard InChI is InChI=1S/C14H28N2O2/c1-15(2)11-14(12-17)5-7-16(8-6-14)13-4-3-9-18-10-13/h13,17H,3-12H2,1-2H3/t13-/m1/s1. The van der Waals surface area contributed by atoms with Gasteiger partial charge < -0.3 is 14.7 Å². The van der Waals surface area contributed by atoms with Crippen molar-refractivity contribution in [2.75, 3.05) is 53.6 Å². The zero-order valence-electron chi connectivity index (χ0n) is 11.9. The molecule has 0 amide bonds. The molecule has 1 atom stereocenters. The summed E-state index contributed by atoms with van der Waals surface area (Å²) in [5.74, 6) is 0. The van der Waals surface area contributed by atoms with E-state index < -0.39 is 0 Å². The summed E-state index contributed by atoms with van der Waals surface area (Å²) in [6, 6.07) is 0.620. The number of nitrogens with zero attached hydrogens (tertiary/aromatic N) is 2. The molecule has 4 nitrogen and oxygen atoms in total. The minimum absolute atomic E-state index is 0.121. The molecular weight excluding hydrogens is 228 g/mol. The van der Waals surface area contributed by atoms with Gasteiger partial charge in [-0.15, -0.1) is 0 Å². The largest absolute Gasteiger partial charge is 0.396 e. The van der Waals surface area contributed by atoms with Gasteiger partial charge in [0.15, 0.2) is 0 Å². The fourth-order valence-corrected chi connectivity index (χ4v) is 3.41. The van der Waals surface area contributed by atoms with Crippen LogP contribution in [0.15, 0.2) is 0 Å². The molecule has 1 N–H and O–H groups in total. The van der Waals surface area contributed by atoms with E-state index in [1.807, 2.05) is 0 Å². The molecule has 2 fully saturated rings. The molecule has 0 radical (unpaired) electrons. The van der Waals surface area contributed by atoms with E-state index in [-0.39, 0.29) is 5.41 Å². The molecule has 2 saturated heterocycles. The molecular formula is C14H28N2O2. The van der Waals surface area contributed by atoms with E-state index in [0.717, 1.165) is 45.7 Å². The van der Waals surface area contributed by atoms with Crippen LogP contribution in [0.4, 0.5) is 0 Å². The zero-order valence-corrected chi connectivity index (χ0v) is 11.9. The van der Waals surface area contributed by atoms with Crippen LogP contribution in [0.2, 0.25) is 0 Å². The molecule has 0 aromatic carbocycles. The Hall–Kier alpha value is -0.160. The van der Waals surface area contributed by atoms with Crippen molar-refractivity contribution in [1.29, 1.82) is 0 Å². The van der Waals surface area contributed by atoms with Crippen molar-refractivity contribution in [3.8, 4) is 0 Å². The van der Waals surface area contributed by atoms with Crippen molar-refractivity contribution >= 4 is 0 Å². The summed E-state index contributed by atoms with van der Waals surface area (Å²) in [5, 5.41) is 9.72. The van der Waals surface area contributed by atoms with Gasteiger partial charge in [0.1, 0.15) is 0 Å². The summed E-state index contributed by atoms with van der Waals surface area (Å²) in [6.45, 7) is 5.38. The van der Waals surface area contributed by atoms with Crippen molar-refractivity contribution in [3.63, 3.8) is 0 Å². The van der Waals surface area contributed by atoms with Crippen molar-refractivity contribution < 1.29 is 9.84 Å². The second-order valence-corrected chi connectivity index (χ2v) is 6.30. The van der Waals surface area contributed by atoms with E-state index >= 15 is 0 Å². The van der Waals surface area contributed by atoms with Crippen LogP contribution in [-0.2, 0) is 4.74 Å². The van der Waals surface area contributed by atoms with Gasteiger partial charge in [-0.2, -0.15) is 0 Å². The highest BCUT2D eigenvalue weighted by Gasteiger charge is 2.36. The molecule has 0 aromatic heterocycles. The molecule has 0 saturated carbocycles. The minimum Gasteiger partial charge on any atom is -0.396 e. The molecule has 0 bridgehead atoms. The normalized spacial score (nSPS) is 29.7. The first-order valence-electron chi connectivity index (χ1n) is 7.23. The second-order valence-electron chi connectivity index (χ2n) is 6.30. The van der Waals surface area contributed by atoms with Gasteiger partial charge in [0.05, 0.1) is 13.2 Å². The number of ether oxygens (including phenoxy) is 1. The Morgan fingerprint density at radius 2 is 2.06 bits per heavy atom. The summed E-state index contributed by atoms with van der Waals surface area (Å²) in [6.07, 6.45) is 4.69. The molecule has 0 aromatic rings. The lowest BCUT2D eigenvalue weighted by Gasteiger charge is -2.45. The van der Waals surface area contributed by atoms with Gasteiger partial charge >= 0.3 is 0 Å². The first-order chi connectivity index (χ1) is 8.65. The van der Waals surface area contributed by atoms with Crippen molar-refractivity contribution in [2.24, 2.45) is 5.41 Å². The molecule has 0 unspecified atom stereocenters. The highest BCUT2D eigenvalue weighted by atomic mass is 16.5. The van der Waals surface area contributed by atoms with E-state index in [4.69, 9.17) is 4.74 Å². The van der Waals surface area contributed by atoms with Gasteiger partial charge in [0, 0.05) is 24.6 Å². The lowest BCUT2D eigenvalue weighted by Crippen LogP contribution is -2.51. The van der Waals surface area contributed by atoms with Crippen LogP contribution >= 0.6 is 0 Å². The molecule has 2 heterocycles. The first kappa shape index (κ1) is 14.3. The SMILES string of the molecule is CN(C)CC1(CO)CCN([C@@H]2CCCOC2)CC1. The summed E-state index contributed by atoms with van der Waals surface area (Å²) in [4.78, 5) is 4.78. The topological polar surface area (TPSA) is 35.9 Å². The van der Waals surface area contributed by atoms with E-state index in [9.17, 15) is 5.11 Å². The summed E-state index contributed by atoms with van der Waals surface area (Å²) < 4.78 is 5.58. The highest BCUT2D eigenvalue weighted by Crippen LogP contribution is 2.33. The predicted molar refractivity (Wildman–Crippen MR) is 72.7 cm³/mol. The number of likely N-dealkylation sites (tertiary alicyclic amines) is 1. The number of hydrogen-bond donors (Lipinski definition) is 1. The van der Waals surface area contributed by atoms with Gasteiger partial charge in [-0.05, 0) is 52.9 Å². The maximum atomic E-state index is 9.72. The molecule has 2 aliphatic rings. The average Bonchev–Trinajstić information content (AvgIpc) is 2.40. The third kappa shape index (κ3) is 3.44. The molecule has 18 heavy (non-hydrogen) atoms. The summed E-state index contributed by atoms with van der Waals surface area (Å²) in [5.41, 5.74) is 0.121. The Morgan fingerprint density at radius 3 is 2.56 bits per heavy atom. The second kappa shape index (κ2) is 6.33. The van der Waals surface area contributed by atoms with Crippen LogP contribution in [0.25, 0.3) is 0 Å². The van der Waals surface area contributed by atoms with Gasteiger partial charge in [0.2, 0.25) is 0 Å². The Kier molecular flexibility index (Phi) is 5.01.